The third-order valence-corrected chi connectivity index (χ3v) is 5.23. The molecule has 20 heavy (non-hydrogen) atoms. The van der Waals surface area contributed by atoms with Crippen LogP contribution in [0, 0.1) is 0 Å². The van der Waals surface area contributed by atoms with Crippen molar-refractivity contribution in [2.75, 3.05) is 32.1 Å². The van der Waals surface area contributed by atoms with Crippen LogP contribution in [0.5, 0.6) is 0 Å². The van der Waals surface area contributed by atoms with Crippen LogP contribution in [0.15, 0.2) is 24.3 Å². The highest BCUT2D eigenvalue weighted by Gasteiger charge is 2.17. The van der Waals surface area contributed by atoms with E-state index in [0.29, 0.717) is 0 Å². The molecule has 1 aliphatic rings. The number of nitrogens with zero attached hydrogens (tertiary/aromatic N) is 2. The Bertz CT molecular complexity index is 586. The number of fused-ring (bicyclic) bond motifs is 3. The smallest absolute Gasteiger partial charge is 0.0485 e. The predicted octanol–water partition coefficient (Wildman–Crippen LogP) is 3.42. The summed E-state index contributed by atoms with van der Waals surface area (Å²) in [6, 6.07) is 8.97. The van der Waals surface area contributed by atoms with Crippen molar-refractivity contribution in [1.82, 2.24) is 9.47 Å². The SMILES string of the molecule is CN(C)CCn1c2c(c3ccccc31)CCSCCC2. The minimum absolute atomic E-state index is 1.11. The molecule has 0 saturated carbocycles. The van der Waals surface area contributed by atoms with Gasteiger partial charge in [-0.2, -0.15) is 11.8 Å². The monoisotopic (exact) mass is 288 g/mol. The van der Waals surface area contributed by atoms with E-state index in [1.165, 1.54) is 41.7 Å². The normalized spacial score (nSPS) is 16.1. The van der Waals surface area contributed by atoms with Crippen molar-refractivity contribution in [2.45, 2.75) is 25.8 Å². The van der Waals surface area contributed by atoms with Crippen LogP contribution in [0.2, 0.25) is 0 Å². The maximum absolute atomic E-state index is 2.58. The second-order valence-electron chi connectivity index (χ2n) is 5.86. The topological polar surface area (TPSA) is 8.17 Å². The van der Waals surface area contributed by atoms with E-state index in [0.717, 1.165) is 13.1 Å². The molecule has 1 aliphatic heterocycles. The maximum atomic E-state index is 2.58. The van der Waals surface area contributed by atoms with E-state index in [1.54, 1.807) is 11.3 Å². The Morgan fingerprint density at radius 1 is 1.15 bits per heavy atom. The number of likely N-dealkylation sites (N-methyl/N-ethyl adjacent to an activating group) is 1. The molecule has 1 aromatic carbocycles. The molecule has 0 unspecified atom stereocenters. The Morgan fingerprint density at radius 3 is 2.85 bits per heavy atom. The molecule has 0 bridgehead atoms. The molecule has 2 aromatic rings. The molecule has 3 heteroatoms. The molecular formula is C17H24N2S. The number of thioether (sulfide) groups is 1. The zero-order valence-electron chi connectivity index (χ0n) is 12.6. The second-order valence-corrected chi connectivity index (χ2v) is 7.09. The van der Waals surface area contributed by atoms with Crippen molar-refractivity contribution >= 4 is 22.7 Å². The van der Waals surface area contributed by atoms with Crippen LogP contribution in [-0.2, 0) is 19.4 Å². The van der Waals surface area contributed by atoms with E-state index in [9.17, 15) is 0 Å². The first-order valence-electron chi connectivity index (χ1n) is 7.59. The summed E-state index contributed by atoms with van der Waals surface area (Å²) in [7, 11) is 4.32. The zero-order valence-corrected chi connectivity index (χ0v) is 13.4. The molecule has 2 heterocycles. The van der Waals surface area contributed by atoms with Crippen LogP contribution >= 0.6 is 11.8 Å². The van der Waals surface area contributed by atoms with E-state index >= 15 is 0 Å². The largest absolute Gasteiger partial charge is 0.343 e. The van der Waals surface area contributed by atoms with Gasteiger partial charge in [0.05, 0.1) is 0 Å². The summed E-state index contributed by atoms with van der Waals surface area (Å²) in [6.07, 6.45) is 3.79. The summed E-state index contributed by atoms with van der Waals surface area (Å²) >= 11 is 2.11. The molecule has 0 N–H and O–H groups in total. The van der Waals surface area contributed by atoms with Gasteiger partial charge in [0.1, 0.15) is 0 Å². The number of aryl methyl sites for hydroxylation is 1. The lowest BCUT2D eigenvalue weighted by atomic mass is 10.1. The van der Waals surface area contributed by atoms with Gasteiger partial charge in [0, 0.05) is 29.7 Å². The summed E-state index contributed by atoms with van der Waals surface area (Å²) < 4.78 is 2.58. The van der Waals surface area contributed by atoms with Gasteiger partial charge in [0.2, 0.25) is 0 Å². The average molecular weight is 288 g/mol. The van der Waals surface area contributed by atoms with Crippen LogP contribution in [-0.4, -0.2) is 41.6 Å². The van der Waals surface area contributed by atoms with E-state index in [2.05, 4.69) is 59.6 Å². The fraction of sp³-hybridized carbons (Fsp3) is 0.529. The maximum Gasteiger partial charge on any atom is 0.0485 e. The highest BCUT2D eigenvalue weighted by molar-refractivity contribution is 7.99. The van der Waals surface area contributed by atoms with Gasteiger partial charge in [-0.15, -0.1) is 0 Å². The first-order chi connectivity index (χ1) is 9.77. The fourth-order valence-electron chi connectivity index (χ4n) is 3.17. The van der Waals surface area contributed by atoms with E-state index < -0.39 is 0 Å². The van der Waals surface area contributed by atoms with Crippen molar-refractivity contribution in [3.05, 3.63) is 35.5 Å². The van der Waals surface area contributed by atoms with E-state index in [4.69, 9.17) is 0 Å². The van der Waals surface area contributed by atoms with E-state index in [-0.39, 0.29) is 0 Å². The van der Waals surface area contributed by atoms with Crippen LogP contribution in [0.3, 0.4) is 0 Å². The van der Waals surface area contributed by atoms with Gasteiger partial charge in [-0.1, -0.05) is 18.2 Å². The van der Waals surface area contributed by atoms with Crippen molar-refractivity contribution in [1.29, 1.82) is 0 Å². The molecule has 1 aromatic heterocycles. The Labute approximate surface area is 126 Å². The van der Waals surface area contributed by atoms with Gasteiger partial charge in [0.15, 0.2) is 0 Å². The lowest BCUT2D eigenvalue weighted by Crippen LogP contribution is -2.20. The van der Waals surface area contributed by atoms with Gasteiger partial charge >= 0.3 is 0 Å². The molecule has 0 saturated heterocycles. The molecule has 0 aliphatic carbocycles. The van der Waals surface area contributed by atoms with Crippen LogP contribution in [0.25, 0.3) is 10.9 Å². The highest BCUT2D eigenvalue weighted by Crippen LogP contribution is 2.30. The minimum Gasteiger partial charge on any atom is -0.343 e. The molecule has 0 fully saturated rings. The van der Waals surface area contributed by atoms with Crippen molar-refractivity contribution in [2.24, 2.45) is 0 Å². The quantitative estimate of drug-likeness (QED) is 0.855. The highest BCUT2D eigenvalue weighted by atomic mass is 32.2. The summed E-state index contributed by atoms with van der Waals surface area (Å²) in [5.74, 6) is 2.59. The molecular weight excluding hydrogens is 264 g/mol. The third-order valence-electron chi connectivity index (χ3n) is 4.16. The average Bonchev–Trinajstić information content (AvgIpc) is 2.69. The van der Waals surface area contributed by atoms with Gasteiger partial charge in [-0.3, -0.25) is 0 Å². The minimum atomic E-state index is 1.11. The van der Waals surface area contributed by atoms with Crippen molar-refractivity contribution in [3.8, 4) is 0 Å². The van der Waals surface area contributed by atoms with Gasteiger partial charge in [0.25, 0.3) is 0 Å². The van der Waals surface area contributed by atoms with Crippen LogP contribution in [0.4, 0.5) is 0 Å². The Kier molecular flexibility index (Phi) is 4.37. The Morgan fingerprint density at radius 2 is 2.00 bits per heavy atom. The molecule has 0 radical (unpaired) electrons. The summed E-state index contributed by atoms with van der Waals surface area (Å²) in [5.41, 5.74) is 4.66. The van der Waals surface area contributed by atoms with Gasteiger partial charge < -0.3 is 9.47 Å². The lowest BCUT2D eigenvalue weighted by Gasteiger charge is -2.16. The summed E-state index contributed by atoms with van der Waals surface area (Å²) in [5, 5.41) is 1.49. The van der Waals surface area contributed by atoms with E-state index in [1.807, 2.05) is 0 Å². The fourth-order valence-corrected chi connectivity index (χ4v) is 4.07. The number of aromatic nitrogens is 1. The number of hydrogen-bond donors (Lipinski definition) is 0. The van der Waals surface area contributed by atoms with Crippen LogP contribution in [0.1, 0.15) is 17.7 Å². The summed E-state index contributed by atoms with van der Waals surface area (Å²) in [4.78, 5) is 2.28. The standard InChI is InChI=1S/C17H24N2S/c1-18(2)10-11-19-16-7-4-3-6-14(16)15-9-13-20-12-5-8-17(15)19/h3-4,6-7H,5,8-13H2,1-2H3. The molecule has 0 spiro atoms. The third kappa shape index (κ3) is 2.75. The lowest BCUT2D eigenvalue weighted by molar-refractivity contribution is 0.384. The number of hydrogen-bond acceptors (Lipinski definition) is 2. The van der Waals surface area contributed by atoms with Gasteiger partial charge in [-0.05, 0) is 56.5 Å². The second kappa shape index (κ2) is 6.23. The van der Waals surface area contributed by atoms with Crippen molar-refractivity contribution in [3.63, 3.8) is 0 Å². The van der Waals surface area contributed by atoms with Crippen molar-refractivity contribution < 1.29 is 0 Å². The first kappa shape index (κ1) is 14.0. The number of benzene rings is 1. The number of para-hydroxylation sites is 1. The Hall–Kier alpha value is -0.930. The molecule has 0 atom stereocenters. The molecule has 2 nitrogen and oxygen atoms in total. The predicted molar refractivity (Wildman–Crippen MR) is 89.8 cm³/mol. The first-order valence-corrected chi connectivity index (χ1v) is 8.74. The molecule has 108 valence electrons. The molecule has 0 amide bonds. The van der Waals surface area contributed by atoms with Gasteiger partial charge in [-0.25, -0.2) is 0 Å². The Balaban J connectivity index is 2.08. The summed E-state index contributed by atoms with van der Waals surface area (Å²) in [6.45, 7) is 2.22. The van der Waals surface area contributed by atoms with Crippen LogP contribution < -0.4 is 0 Å². The zero-order chi connectivity index (χ0) is 13.9. The molecule has 3 rings (SSSR count). The number of rotatable bonds is 3.